The largest absolute Gasteiger partial charge is 0.311 e. The molecule has 7 heteroatoms. The zero-order valence-electron chi connectivity index (χ0n) is 43.5. The second-order valence-corrected chi connectivity index (χ2v) is 22.3. The maximum atomic E-state index is 4.65. The van der Waals surface area contributed by atoms with Crippen molar-refractivity contribution in [2.45, 2.75) is 188 Å². The third-order valence-electron chi connectivity index (χ3n) is 16.6. The summed E-state index contributed by atoms with van der Waals surface area (Å²) in [4.78, 5) is 17.4. The Kier molecular flexibility index (Phi) is 24.6. The Hall–Kier alpha value is -1.70. The van der Waals surface area contributed by atoms with Crippen LogP contribution in [0, 0.1) is 75.4 Å². The molecule has 0 bridgehead atoms. The molecule has 0 atom stereocenters. The van der Waals surface area contributed by atoms with Gasteiger partial charge in [-0.05, 0) is 121 Å². The quantitative estimate of drug-likeness (QED) is 0.205. The molecule has 0 aromatic rings. The molecule has 5 rings (SSSR count). The number of aliphatic imine (C=N–C) groups is 4. The molecule has 0 aliphatic carbocycles. The van der Waals surface area contributed by atoms with Crippen LogP contribution in [0.5, 0.6) is 0 Å². The van der Waals surface area contributed by atoms with E-state index >= 15 is 0 Å². The van der Waals surface area contributed by atoms with Crippen molar-refractivity contribution in [3.63, 3.8) is 0 Å². The van der Waals surface area contributed by atoms with Crippen molar-refractivity contribution in [3.8, 4) is 0 Å². The lowest BCUT2D eigenvalue weighted by Gasteiger charge is -2.45. The van der Waals surface area contributed by atoms with Gasteiger partial charge in [-0.1, -0.05) is 151 Å². The second-order valence-electron chi connectivity index (χ2n) is 22.3. The highest BCUT2D eigenvalue weighted by molar-refractivity contribution is 5.79. The van der Waals surface area contributed by atoms with Crippen molar-refractivity contribution in [3.05, 3.63) is 12.2 Å². The molecule has 3 N–H and O–H groups in total. The minimum atomic E-state index is 0.161. The van der Waals surface area contributed by atoms with Gasteiger partial charge in [0.25, 0.3) is 0 Å². The van der Waals surface area contributed by atoms with Crippen LogP contribution in [0.25, 0.3) is 0 Å². The second kappa shape index (κ2) is 26.2. The number of nitrogens with zero attached hydrogens (tertiary/aromatic N) is 4. The molecule has 60 heavy (non-hydrogen) atoms. The molecule has 0 aromatic heterocycles. The van der Waals surface area contributed by atoms with E-state index in [1.807, 2.05) is 12.3 Å². The lowest BCUT2D eigenvalue weighted by atomic mass is 9.64. The van der Waals surface area contributed by atoms with Crippen LogP contribution < -0.4 is 16.0 Å². The van der Waals surface area contributed by atoms with E-state index in [-0.39, 0.29) is 11.0 Å². The van der Waals surface area contributed by atoms with Crippen LogP contribution in [0.2, 0.25) is 0 Å². The summed E-state index contributed by atoms with van der Waals surface area (Å²) in [6.07, 6.45) is 19.8. The molecule has 0 radical (unpaired) electrons. The third-order valence-corrected chi connectivity index (χ3v) is 16.6. The standard InChI is InChI=1S/C11H21N.C11H23N.C11H19N.C10H22N2.C10H18N2/c1-9(2)11(10(3)4)5-7-12-8-6-11;2*1-9(2)11(10(3)4)7-5-6-8-12-11;2*1-8(2)10(9(3)4)5-11-7-12-6-10/h7,9-10H,5-6,8H2,1-4H3;9-10,12H,5-8H2,1-4H3;5-6,8-10H,7H2,1-4H3;8-9,11-12H,5-7H2,1-4H3;5,7-9H,6H2,1-4H3. The molecule has 2 saturated heterocycles. The van der Waals surface area contributed by atoms with Crippen LogP contribution in [0.4, 0.5) is 0 Å². The van der Waals surface area contributed by atoms with Gasteiger partial charge < -0.3 is 16.0 Å². The number of hydrogen-bond acceptors (Lipinski definition) is 7. The van der Waals surface area contributed by atoms with E-state index in [1.54, 1.807) is 6.34 Å². The van der Waals surface area contributed by atoms with E-state index in [9.17, 15) is 0 Å². The van der Waals surface area contributed by atoms with Gasteiger partial charge in [0.1, 0.15) is 6.34 Å². The lowest BCUT2D eigenvalue weighted by molar-refractivity contribution is 0.0837. The fraction of sp³-hybridized carbons (Fsp3) is 0.887. The number of allylic oxidation sites excluding steroid dienone is 1. The molecule has 7 nitrogen and oxygen atoms in total. The van der Waals surface area contributed by atoms with Crippen molar-refractivity contribution >= 4 is 25.0 Å². The van der Waals surface area contributed by atoms with Gasteiger partial charge in [-0.25, -0.2) is 4.99 Å². The molecule has 2 fully saturated rings. The molecular formula is C53H103N7. The highest BCUT2D eigenvalue weighted by Gasteiger charge is 2.40. The number of piperidine rings is 1. The van der Waals surface area contributed by atoms with Crippen LogP contribution in [0.1, 0.15) is 177 Å². The van der Waals surface area contributed by atoms with Gasteiger partial charge in [-0.2, -0.15) is 0 Å². The number of nitrogens with one attached hydrogen (secondary N) is 3. The van der Waals surface area contributed by atoms with E-state index in [2.05, 4.69) is 193 Å². The number of dihydropyridines is 1. The van der Waals surface area contributed by atoms with Crippen LogP contribution in [-0.4, -0.2) is 75.5 Å². The summed E-state index contributed by atoms with van der Waals surface area (Å²) in [5.41, 5.74) is 1.77. The summed E-state index contributed by atoms with van der Waals surface area (Å²) >= 11 is 0. The highest BCUT2D eigenvalue weighted by atomic mass is 15.1. The van der Waals surface area contributed by atoms with Gasteiger partial charge in [-0.3, -0.25) is 15.0 Å². The van der Waals surface area contributed by atoms with Gasteiger partial charge in [-0.15, -0.1) is 0 Å². The smallest absolute Gasteiger partial charge is 0.109 e. The van der Waals surface area contributed by atoms with Gasteiger partial charge >= 0.3 is 0 Å². The number of hydrogen-bond donors (Lipinski definition) is 3. The Morgan fingerprint density at radius 1 is 0.533 bits per heavy atom. The summed E-state index contributed by atoms with van der Waals surface area (Å²) in [5, 5.41) is 10.6. The maximum absolute atomic E-state index is 4.65. The molecule has 0 aromatic carbocycles. The van der Waals surface area contributed by atoms with Crippen molar-refractivity contribution in [2.75, 3.05) is 39.4 Å². The predicted molar refractivity (Wildman–Crippen MR) is 271 cm³/mol. The Labute approximate surface area is 374 Å². The first-order valence-corrected chi connectivity index (χ1v) is 24.8. The van der Waals surface area contributed by atoms with Crippen LogP contribution in [-0.2, 0) is 0 Å². The molecular weight excluding hydrogens is 735 g/mol. The summed E-state index contributed by atoms with van der Waals surface area (Å²) in [6.45, 7) is 52.5. The van der Waals surface area contributed by atoms with Crippen molar-refractivity contribution in [2.24, 2.45) is 95.4 Å². The summed E-state index contributed by atoms with van der Waals surface area (Å²) in [7, 11) is 0. The zero-order chi connectivity index (χ0) is 46.0. The normalized spacial score (nSPS) is 22.2. The van der Waals surface area contributed by atoms with E-state index in [1.165, 1.54) is 38.6 Å². The molecule has 0 amide bonds. The van der Waals surface area contributed by atoms with Gasteiger partial charge in [0.15, 0.2) is 0 Å². The Balaban J connectivity index is 0.000000375. The highest BCUT2D eigenvalue weighted by Crippen LogP contribution is 2.43. The molecule has 5 heterocycles. The summed E-state index contributed by atoms with van der Waals surface area (Å²) in [5.74, 6) is 7.05. The Morgan fingerprint density at radius 2 is 1.07 bits per heavy atom. The number of rotatable bonds is 10. The zero-order valence-corrected chi connectivity index (χ0v) is 43.5. The predicted octanol–water partition coefficient (Wildman–Crippen LogP) is 12.9. The third kappa shape index (κ3) is 14.7. The van der Waals surface area contributed by atoms with E-state index in [0.29, 0.717) is 40.0 Å². The summed E-state index contributed by atoms with van der Waals surface area (Å²) in [6, 6.07) is 0. The molecule has 5 aliphatic rings. The molecule has 0 saturated carbocycles. The molecule has 0 unspecified atom stereocenters. The van der Waals surface area contributed by atoms with E-state index in [0.717, 1.165) is 74.8 Å². The Morgan fingerprint density at radius 3 is 1.32 bits per heavy atom. The van der Waals surface area contributed by atoms with Gasteiger partial charge in [0.05, 0.1) is 12.1 Å². The topological polar surface area (TPSA) is 85.5 Å². The van der Waals surface area contributed by atoms with Crippen molar-refractivity contribution in [1.29, 1.82) is 0 Å². The fourth-order valence-electron chi connectivity index (χ4n) is 11.0. The van der Waals surface area contributed by atoms with Crippen molar-refractivity contribution in [1.82, 2.24) is 16.0 Å². The van der Waals surface area contributed by atoms with Crippen LogP contribution >= 0.6 is 0 Å². The first-order valence-electron chi connectivity index (χ1n) is 24.8. The van der Waals surface area contributed by atoms with Gasteiger partial charge in [0, 0.05) is 49.7 Å². The molecule has 350 valence electrons. The van der Waals surface area contributed by atoms with E-state index in [4.69, 9.17) is 0 Å². The van der Waals surface area contributed by atoms with Crippen molar-refractivity contribution < 1.29 is 0 Å². The Bertz CT molecular complexity index is 1170. The minimum absolute atomic E-state index is 0.161. The fourth-order valence-corrected chi connectivity index (χ4v) is 11.0. The first-order chi connectivity index (χ1) is 28.0. The first kappa shape index (κ1) is 56.3. The van der Waals surface area contributed by atoms with Crippen LogP contribution in [0.3, 0.4) is 0 Å². The summed E-state index contributed by atoms with van der Waals surface area (Å²) < 4.78 is 0. The van der Waals surface area contributed by atoms with Crippen LogP contribution in [0.15, 0.2) is 32.1 Å². The average molecular weight is 838 g/mol. The lowest BCUT2D eigenvalue weighted by Crippen LogP contribution is -2.56. The SMILES string of the molecule is CC(C)C1(C(C)C)C=NC=NC1.CC(C)C1(C(C)C)CC=CC=N1.CC(C)C1(C(C)C)CC=NCC1.CC(C)C1(C(C)C)CCCCN1.CC(C)C1(C(C)C)CNCNC1. The monoisotopic (exact) mass is 838 g/mol. The maximum Gasteiger partial charge on any atom is 0.109 e. The molecule has 5 aliphatic heterocycles. The van der Waals surface area contributed by atoms with E-state index < -0.39 is 0 Å². The average Bonchev–Trinajstić information content (AvgIpc) is 3.22. The molecule has 0 spiro atoms. The minimum Gasteiger partial charge on any atom is -0.311 e. The van der Waals surface area contributed by atoms with Gasteiger partial charge in [0.2, 0.25) is 0 Å².